The van der Waals surface area contributed by atoms with Crippen molar-refractivity contribution in [3.8, 4) is 0 Å². The first kappa shape index (κ1) is 15.2. The summed E-state index contributed by atoms with van der Waals surface area (Å²) in [7, 11) is -3.69. The summed E-state index contributed by atoms with van der Waals surface area (Å²) < 4.78 is 27.5. The third-order valence-corrected chi connectivity index (χ3v) is 5.01. The van der Waals surface area contributed by atoms with Crippen LogP contribution in [-0.2, 0) is 16.6 Å². The highest BCUT2D eigenvalue weighted by molar-refractivity contribution is 9.10. The van der Waals surface area contributed by atoms with Crippen LogP contribution in [0.15, 0.2) is 45.9 Å². The average molecular weight is 377 g/mol. The third-order valence-electron chi connectivity index (χ3n) is 2.57. The molecule has 0 atom stereocenters. The van der Waals surface area contributed by atoms with Crippen LogP contribution in [0.2, 0.25) is 5.02 Å². The lowest BCUT2D eigenvalue weighted by atomic mass is 10.2. The first-order chi connectivity index (χ1) is 9.40. The van der Waals surface area contributed by atoms with Gasteiger partial charge in [0.25, 0.3) is 0 Å². The highest BCUT2D eigenvalue weighted by atomic mass is 79.9. The summed E-state index contributed by atoms with van der Waals surface area (Å²) in [5.74, 6) is 0.0939. The van der Waals surface area contributed by atoms with Crippen LogP contribution in [0.1, 0.15) is 5.56 Å². The van der Waals surface area contributed by atoms with Crippen molar-refractivity contribution < 1.29 is 8.42 Å². The summed E-state index contributed by atoms with van der Waals surface area (Å²) in [6.45, 7) is 0.158. The molecule has 0 radical (unpaired) electrons. The molecule has 1 aromatic carbocycles. The van der Waals surface area contributed by atoms with Crippen LogP contribution < -0.4 is 10.5 Å². The molecule has 5 nitrogen and oxygen atoms in total. The maximum atomic E-state index is 12.1. The summed E-state index contributed by atoms with van der Waals surface area (Å²) in [5, 5.41) is 0.105. The fourth-order valence-corrected chi connectivity index (χ4v) is 3.11. The van der Waals surface area contributed by atoms with Crippen LogP contribution in [-0.4, -0.2) is 13.4 Å². The van der Waals surface area contributed by atoms with E-state index in [-0.39, 0.29) is 22.3 Å². The van der Waals surface area contributed by atoms with Crippen molar-refractivity contribution in [2.24, 2.45) is 0 Å². The Hall–Kier alpha value is -1.15. The first-order valence-electron chi connectivity index (χ1n) is 5.54. The Labute approximate surface area is 130 Å². The molecule has 8 heteroatoms. The molecule has 2 aromatic rings. The number of hydrogen-bond donors (Lipinski definition) is 2. The van der Waals surface area contributed by atoms with Crippen LogP contribution >= 0.6 is 27.5 Å². The van der Waals surface area contributed by atoms with Gasteiger partial charge in [-0.2, -0.15) is 0 Å². The summed E-state index contributed by atoms with van der Waals surface area (Å²) in [5.41, 5.74) is 6.28. The Morgan fingerprint density at radius 2 is 2.05 bits per heavy atom. The smallest absolute Gasteiger partial charge is 0.242 e. The molecule has 0 amide bonds. The Balaban J connectivity index is 2.19. The number of rotatable bonds is 4. The van der Waals surface area contributed by atoms with Gasteiger partial charge < -0.3 is 5.73 Å². The number of sulfonamides is 1. The van der Waals surface area contributed by atoms with E-state index in [2.05, 4.69) is 25.6 Å². The number of nitrogens with zero attached hydrogens (tertiary/aromatic N) is 1. The Morgan fingerprint density at radius 1 is 1.35 bits per heavy atom. The van der Waals surface area contributed by atoms with Gasteiger partial charge in [-0.05, 0) is 17.7 Å². The second-order valence-electron chi connectivity index (χ2n) is 3.95. The van der Waals surface area contributed by atoms with Gasteiger partial charge in [0.2, 0.25) is 10.0 Å². The van der Waals surface area contributed by atoms with E-state index in [9.17, 15) is 8.42 Å². The maximum absolute atomic E-state index is 12.1. The zero-order valence-corrected chi connectivity index (χ0v) is 13.3. The monoisotopic (exact) mass is 375 g/mol. The zero-order chi connectivity index (χ0) is 14.8. The molecule has 2 rings (SSSR count). The molecular weight excluding hydrogens is 366 g/mol. The van der Waals surface area contributed by atoms with Gasteiger partial charge in [-0.15, -0.1) is 0 Å². The minimum absolute atomic E-state index is 0.0243. The van der Waals surface area contributed by atoms with Crippen LogP contribution in [0, 0.1) is 0 Å². The molecule has 0 aliphatic heterocycles. The number of nitrogen functional groups attached to an aromatic ring is 1. The summed E-state index contributed by atoms with van der Waals surface area (Å²) in [4.78, 5) is 3.71. The summed E-state index contributed by atoms with van der Waals surface area (Å²) in [6, 6.07) is 8.61. The minimum Gasteiger partial charge on any atom is -0.382 e. The molecule has 0 fully saturated rings. The number of aromatic nitrogens is 1. The van der Waals surface area contributed by atoms with Gasteiger partial charge in [0.1, 0.15) is 10.7 Å². The van der Waals surface area contributed by atoms with E-state index in [0.29, 0.717) is 0 Å². The molecule has 3 N–H and O–H groups in total. The highest BCUT2D eigenvalue weighted by Gasteiger charge is 2.16. The standard InChI is InChI=1S/C12H11BrClN3O2S/c13-10-4-2-1-3-8(10)6-17-20(18,19)9-5-11(14)12(15)16-7-9/h1-5,7,17H,6H2,(H2,15,16). The second kappa shape index (κ2) is 6.09. The van der Waals surface area contributed by atoms with Gasteiger partial charge in [-0.25, -0.2) is 18.1 Å². The van der Waals surface area contributed by atoms with Crippen molar-refractivity contribution in [3.63, 3.8) is 0 Å². The molecule has 0 aliphatic rings. The molecule has 0 saturated heterocycles. The molecule has 0 spiro atoms. The number of nitrogens with one attached hydrogen (secondary N) is 1. The predicted octanol–water partition coefficient (Wildman–Crippen LogP) is 2.56. The van der Waals surface area contributed by atoms with Gasteiger partial charge in [0.15, 0.2) is 0 Å². The van der Waals surface area contributed by atoms with Gasteiger partial charge in [0.05, 0.1) is 5.02 Å². The van der Waals surface area contributed by atoms with E-state index in [1.807, 2.05) is 24.3 Å². The summed E-state index contributed by atoms with van der Waals surface area (Å²) in [6.07, 6.45) is 1.17. The topological polar surface area (TPSA) is 85.1 Å². The van der Waals surface area contributed by atoms with E-state index >= 15 is 0 Å². The lowest BCUT2D eigenvalue weighted by Crippen LogP contribution is -2.23. The van der Waals surface area contributed by atoms with Crippen LogP contribution in [0.25, 0.3) is 0 Å². The molecule has 20 heavy (non-hydrogen) atoms. The number of hydrogen-bond acceptors (Lipinski definition) is 4. The lowest BCUT2D eigenvalue weighted by molar-refractivity contribution is 0.581. The minimum atomic E-state index is -3.69. The predicted molar refractivity (Wildman–Crippen MR) is 81.8 cm³/mol. The van der Waals surface area contributed by atoms with Crippen molar-refractivity contribution in [1.82, 2.24) is 9.71 Å². The number of nitrogens with two attached hydrogens (primary N) is 1. The lowest BCUT2D eigenvalue weighted by Gasteiger charge is -2.08. The zero-order valence-electron chi connectivity index (χ0n) is 10.2. The van der Waals surface area contributed by atoms with E-state index in [1.165, 1.54) is 12.3 Å². The SMILES string of the molecule is Nc1ncc(S(=O)(=O)NCc2ccccc2Br)cc1Cl. The van der Waals surface area contributed by atoms with Gasteiger partial charge in [0, 0.05) is 17.2 Å². The van der Waals surface area contributed by atoms with E-state index < -0.39 is 10.0 Å². The van der Waals surface area contributed by atoms with Crippen molar-refractivity contribution in [2.45, 2.75) is 11.4 Å². The molecule has 0 aliphatic carbocycles. The van der Waals surface area contributed by atoms with E-state index in [1.54, 1.807) is 0 Å². The Morgan fingerprint density at radius 3 is 2.70 bits per heavy atom. The third kappa shape index (κ3) is 3.49. The molecule has 1 aromatic heterocycles. The van der Waals surface area contributed by atoms with E-state index in [4.69, 9.17) is 17.3 Å². The quantitative estimate of drug-likeness (QED) is 0.859. The van der Waals surface area contributed by atoms with Crippen molar-refractivity contribution in [3.05, 3.63) is 51.6 Å². The summed E-state index contributed by atoms with van der Waals surface area (Å²) >= 11 is 9.13. The van der Waals surface area contributed by atoms with E-state index in [0.717, 1.165) is 10.0 Å². The fraction of sp³-hybridized carbons (Fsp3) is 0.0833. The number of benzene rings is 1. The largest absolute Gasteiger partial charge is 0.382 e. The fourth-order valence-electron chi connectivity index (χ4n) is 1.48. The number of anilines is 1. The number of halogens is 2. The molecule has 0 unspecified atom stereocenters. The van der Waals surface area contributed by atoms with Crippen molar-refractivity contribution >= 4 is 43.4 Å². The molecule has 0 bridgehead atoms. The number of pyridine rings is 1. The molecular formula is C12H11BrClN3O2S. The molecule has 106 valence electrons. The maximum Gasteiger partial charge on any atom is 0.242 e. The molecule has 0 saturated carbocycles. The van der Waals surface area contributed by atoms with Crippen LogP contribution in [0.5, 0.6) is 0 Å². The van der Waals surface area contributed by atoms with Gasteiger partial charge >= 0.3 is 0 Å². The van der Waals surface area contributed by atoms with Crippen molar-refractivity contribution in [2.75, 3.05) is 5.73 Å². The van der Waals surface area contributed by atoms with Crippen molar-refractivity contribution in [1.29, 1.82) is 0 Å². The highest BCUT2D eigenvalue weighted by Crippen LogP contribution is 2.20. The average Bonchev–Trinajstić information content (AvgIpc) is 2.41. The normalized spacial score (nSPS) is 11.5. The first-order valence-corrected chi connectivity index (χ1v) is 8.19. The second-order valence-corrected chi connectivity index (χ2v) is 6.98. The van der Waals surface area contributed by atoms with Gasteiger partial charge in [-0.1, -0.05) is 45.7 Å². The Bertz CT molecular complexity index is 737. The van der Waals surface area contributed by atoms with Crippen LogP contribution in [0.4, 0.5) is 5.82 Å². The van der Waals surface area contributed by atoms with Crippen LogP contribution in [0.3, 0.4) is 0 Å². The Kier molecular flexibility index (Phi) is 4.64. The van der Waals surface area contributed by atoms with Gasteiger partial charge in [-0.3, -0.25) is 0 Å². The molecule has 1 heterocycles.